The highest BCUT2D eigenvalue weighted by Crippen LogP contribution is 2.17. The number of aromatic hydroxyl groups is 1. The summed E-state index contributed by atoms with van der Waals surface area (Å²) in [6.07, 6.45) is 2.38. The zero-order valence-electron chi connectivity index (χ0n) is 16.0. The highest BCUT2D eigenvalue weighted by molar-refractivity contribution is 7.80. The largest absolute Gasteiger partial charge is 0.506 e. The molecule has 1 fully saturated rings. The van der Waals surface area contributed by atoms with Gasteiger partial charge >= 0.3 is 0 Å². The zero-order valence-corrected chi connectivity index (χ0v) is 16.9. The third-order valence-electron chi connectivity index (χ3n) is 4.01. The third kappa shape index (κ3) is 6.25. The smallest absolute Gasteiger partial charge is 0.189 e. The Bertz CT molecular complexity index is 589. The Hall–Kier alpha value is -1.73. The SMILES string of the molecule is CC.CC/C(=N/NC(=S)N1CCN(CC)CC1)c1ncc(C)cc1O.[HH]. The summed E-state index contributed by atoms with van der Waals surface area (Å²) >= 11 is 5.43. The number of likely N-dealkylation sites (N-methyl/N-ethyl adjacent to an activating group) is 1. The fraction of sp³-hybridized carbons (Fsp3) is 0.611. The molecule has 1 aromatic heterocycles. The average molecular weight is 368 g/mol. The standard InChI is InChI=1S/C16H25N5OS.C2H6.H2/c1-4-13(15-14(22)10-12(3)11-17-15)18-19-16(23)21-8-6-20(5-2)7-9-21;1-2;/h10-11,22H,4-9H2,1-3H3,(H,19,23);1-2H3;1H/b18-13-;;. The highest BCUT2D eigenvalue weighted by atomic mass is 32.1. The first-order valence-corrected chi connectivity index (χ1v) is 9.45. The van der Waals surface area contributed by atoms with E-state index in [1.54, 1.807) is 12.3 Å². The Labute approximate surface area is 158 Å². The van der Waals surface area contributed by atoms with E-state index >= 15 is 0 Å². The van der Waals surface area contributed by atoms with E-state index in [1.807, 2.05) is 27.7 Å². The first-order chi connectivity index (χ1) is 12.0. The molecule has 1 aliphatic rings. The molecular weight excluding hydrogens is 334 g/mol. The molecule has 7 heteroatoms. The van der Waals surface area contributed by atoms with Crippen LogP contribution >= 0.6 is 12.2 Å². The van der Waals surface area contributed by atoms with Crippen LogP contribution in [0.2, 0.25) is 0 Å². The van der Waals surface area contributed by atoms with Gasteiger partial charge in [0.2, 0.25) is 0 Å². The first kappa shape index (κ1) is 21.3. The van der Waals surface area contributed by atoms with Crippen LogP contribution in [0.1, 0.15) is 46.8 Å². The molecule has 2 rings (SSSR count). The number of thiocarbonyl (C=S) groups is 1. The van der Waals surface area contributed by atoms with Crippen LogP contribution in [0.5, 0.6) is 5.75 Å². The van der Waals surface area contributed by atoms with Crippen molar-refractivity contribution in [3.05, 3.63) is 23.5 Å². The van der Waals surface area contributed by atoms with Gasteiger partial charge < -0.3 is 14.9 Å². The summed E-state index contributed by atoms with van der Waals surface area (Å²) in [6.45, 7) is 15.0. The Morgan fingerprint density at radius 2 is 1.96 bits per heavy atom. The van der Waals surface area contributed by atoms with Crippen LogP contribution in [0.4, 0.5) is 0 Å². The molecule has 0 unspecified atom stereocenters. The second-order valence-electron chi connectivity index (χ2n) is 5.63. The molecular formula is C18H33N5OS. The number of hydrogen-bond donors (Lipinski definition) is 2. The Morgan fingerprint density at radius 1 is 1.32 bits per heavy atom. The molecule has 0 aliphatic carbocycles. The van der Waals surface area contributed by atoms with Gasteiger partial charge in [-0.25, -0.2) is 0 Å². The van der Waals surface area contributed by atoms with E-state index < -0.39 is 0 Å². The molecule has 25 heavy (non-hydrogen) atoms. The quantitative estimate of drug-likeness (QED) is 0.485. The lowest BCUT2D eigenvalue weighted by Crippen LogP contribution is -2.50. The molecule has 142 valence electrons. The monoisotopic (exact) mass is 367 g/mol. The predicted octanol–water partition coefficient (Wildman–Crippen LogP) is 2.99. The fourth-order valence-electron chi connectivity index (χ4n) is 2.53. The normalized spacial score (nSPS) is 15.4. The number of aromatic nitrogens is 1. The number of nitrogens with one attached hydrogen (secondary N) is 1. The molecule has 2 heterocycles. The summed E-state index contributed by atoms with van der Waals surface area (Å²) < 4.78 is 0. The molecule has 2 N–H and O–H groups in total. The molecule has 0 aromatic carbocycles. The van der Waals surface area contributed by atoms with Crippen molar-refractivity contribution in [1.82, 2.24) is 20.2 Å². The number of hydrogen-bond acceptors (Lipinski definition) is 5. The van der Waals surface area contributed by atoms with Crippen LogP contribution in [0.3, 0.4) is 0 Å². The van der Waals surface area contributed by atoms with Gasteiger partial charge in [-0.05, 0) is 43.7 Å². The number of nitrogens with zero attached hydrogens (tertiary/aromatic N) is 4. The minimum absolute atomic E-state index is 0. The van der Waals surface area contributed by atoms with Crippen molar-refractivity contribution in [2.75, 3.05) is 32.7 Å². The second-order valence-corrected chi connectivity index (χ2v) is 6.02. The van der Waals surface area contributed by atoms with E-state index in [2.05, 4.69) is 32.2 Å². The molecule has 0 saturated carbocycles. The third-order valence-corrected chi connectivity index (χ3v) is 4.36. The van der Waals surface area contributed by atoms with E-state index in [9.17, 15) is 5.11 Å². The van der Waals surface area contributed by atoms with E-state index in [0.29, 0.717) is 22.9 Å². The summed E-state index contributed by atoms with van der Waals surface area (Å²) in [5, 5.41) is 15.0. The van der Waals surface area contributed by atoms with Gasteiger partial charge in [-0.3, -0.25) is 10.4 Å². The maximum absolute atomic E-state index is 10.0. The van der Waals surface area contributed by atoms with Crippen molar-refractivity contribution in [3.8, 4) is 5.75 Å². The van der Waals surface area contributed by atoms with Gasteiger partial charge in [0, 0.05) is 33.8 Å². The Balaban J connectivity index is 0.00000201. The van der Waals surface area contributed by atoms with E-state index in [0.717, 1.165) is 38.3 Å². The minimum Gasteiger partial charge on any atom is -0.506 e. The maximum Gasteiger partial charge on any atom is 0.189 e. The molecule has 1 aromatic rings. The minimum atomic E-state index is 0. The molecule has 0 bridgehead atoms. The van der Waals surface area contributed by atoms with Gasteiger partial charge in [0.15, 0.2) is 5.11 Å². The van der Waals surface area contributed by atoms with Crippen LogP contribution in [0, 0.1) is 6.92 Å². The summed E-state index contributed by atoms with van der Waals surface area (Å²) in [7, 11) is 0. The van der Waals surface area contributed by atoms with Gasteiger partial charge in [0.1, 0.15) is 11.4 Å². The van der Waals surface area contributed by atoms with Crippen LogP contribution < -0.4 is 5.43 Å². The van der Waals surface area contributed by atoms with Gasteiger partial charge in [-0.1, -0.05) is 27.7 Å². The van der Waals surface area contributed by atoms with Crippen molar-refractivity contribution < 1.29 is 6.53 Å². The molecule has 1 saturated heterocycles. The van der Waals surface area contributed by atoms with E-state index in [4.69, 9.17) is 12.2 Å². The molecule has 0 atom stereocenters. The molecule has 0 amide bonds. The van der Waals surface area contributed by atoms with E-state index in [1.165, 1.54) is 0 Å². The van der Waals surface area contributed by atoms with Gasteiger partial charge in [0.05, 0.1) is 5.71 Å². The van der Waals surface area contributed by atoms with Crippen molar-refractivity contribution in [2.24, 2.45) is 5.10 Å². The molecule has 0 spiro atoms. The van der Waals surface area contributed by atoms with Crippen molar-refractivity contribution in [2.45, 2.75) is 41.0 Å². The van der Waals surface area contributed by atoms with Crippen molar-refractivity contribution in [3.63, 3.8) is 0 Å². The van der Waals surface area contributed by atoms with Gasteiger partial charge in [0.25, 0.3) is 0 Å². The van der Waals surface area contributed by atoms with Crippen LogP contribution in [0.25, 0.3) is 0 Å². The van der Waals surface area contributed by atoms with Crippen LogP contribution in [-0.4, -0.2) is 63.4 Å². The average Bonchev–Trinajstić information content (AvgIpc) is 2.65. The maximum atomic E-state index is 10.0. The van der Waals surface area contributed by atoms with E-state index in [-0.39, 0.29) is 7.18 Å². The van der Waals surface area contributed by atoms with Gasteiger partial charge in [-0.15, -0.1) is 0 Å². The summed E-state index contributed by atoms with van der Waals surface area (Å²) in [5.74, 6) is 0.148. The number of pyridine rings is 1. The number of piperazine rings is 1. The predicted molar refractivity (Wildman–Crippen MR) is 110 cm³/mol. The lowest BCUT2D eigenvalue weighted by atomic mass is 10.1. The number of aryl methyl sites for hydroxylation is 1. The molecule has 1 aliphatic heterocycles. The molecule has 6 nitrogen and oxygen atoms in total. The van der Waals surface area contributed by atoms with Gasteiger partial charge in [-0.2, -0.15) is 5.10 Å². The van der Waals surface area contributed by atoms with Crippen LogP contribution in [-0.2, 0) is 0 Å². The number of hydrazone groups is 1. The van der Waals surface area contributed by atoms with Crippen molar-refractivity contribution in [1.29, 1.82) is 0 Å². The Kier molecular flexibility index (Phi) is 9.37. The van der Waals surface area contributed by atoms with Crippen molar-refractivity contribution >= 4 is 23.0 Å². The first-order valence-electron chi connectivity index (χ1n) is 9.05. The highest BCUT2D eigenvalue weighted by Gasteiger charge is 2.17. The topological polar surface area (TPSA) is 64.0 Å². The lowest BCUT2D eigenvalue weighted by Gasteiger charge is -2.35. The molecule has 0 radical (unpaired) electrons. The second kappa shape index (κ2) is 11.0. The zero-order chi connectivity index (χ0) is 18.8. The fourth-order valence-corrected chi connectivity index (χ4v) is 2.76. The summed E-state index contributed by atoms with van der Waals surface area (Å²) in [5.41, 5.74) is 5.06. The summed E-state index contributed by atoms with van der Waals surface area (Å²) in [4.78, 5) is 8.80. The summed E-state index contributed by atoms with van der Waals surface area (Å²) in [6, 6.07) is 1.69. The van der Waals surface area contributed by atoms with Crippen LogP contribution in [0.15, 0.2) is 17.4 Å². The lowest BCUT2D eigenvalue weighted by molar-refractivity contribution is 0.189. The Morgan fingerprint density at radius 3 is 2.48 bits per heavy atom. The number of rotatable bonds is 4.